The van der Waals surface area contributed by atoms with Crippen LogP contribution in [0.3, 0.4) is 0 Å². The maximum Gasteiger partial charge on any atom is 0.326 e. The number of likely N-dealkylation sites (tertiary alicyclic amines) is 1. The van der Waals surface area contributed by atoms with E-state index in [0.717, 1.165) is 45.4 Å². The monoisotopic (exact) mass is 242 g/mol. The molecule has 1 N–H and O–H groups in total. The molecule has 0 radical (unpaired) electrons. The summed E-state index contributed by atoms with van der Waals surface area (Å²) in [5, 5.41) is 3.37. The average molecular weight is 242 g/mol. The zero-order valence-corrected chi connectivity index (χ0v) is 11.4. The van der Waals surface area contributed by atoms with Crippen molar-refractivity contribution >= 4 is 5.97 Å². The molecule has 0 aromatic heterocycles. The number of nitrogens with one attached hydrogen (secondary N) is 1. The van der Waals surface area contributed by atoms with Crippen molar-refractivity contribution in [3.63, 3.8) is 0 Å². The molecule has 1 aliphatic heterocycles. The minimum absolute atomic E-state index is 0.0696. The zero-order chi connectivity index (χ0) is 12.7. The Balaban J connectivity index is 2.72. The first-order valence-electron chi connectivity index (χ1n) is 6.83. The smallest absolute Gasteiger partial charge is 0.326 e. The van der Waals surface area contributed by atoms with E-state index in [9.17, 15) is 4.79 Å². The molecule has 1 unspecified atom stereocenters. The van der Waals surface area contributed by atoms with Crippen LogP contribution in [0.5, 0.6) is 0 Å². The van der Waals surface area contributed by atoms with Gasteiger partial charge in [-0.3, -0.25) is 4.79 Å². The molecule has 1 rings (SSSR count). The first-order chi connectivity index (χ1) is 8.18. The Hall–Kier alpha value is -0.610. The first kappa shape index (κ1) is 14.5. The van der Waals surface area contributed by atoms with E-state index in [-0.39, 0.29) is 5.97 Å². The second-order valence-electron chi connectivity index (χ2n) is 4.62. The minimum atomic E-state index is -0.450. The number of likely N-dealkylation sites (N-methyl/N-ethyl adjacent to an activating group) is 1. The second-order valence-corrected chi connectivity index (χ2v) is 4.62. The predicted molar refractivity (Wildman–Crippen MR) is 69.0 cm³/mol. The van der Waals surface area contributed by atoms with Crippen molar-refractivity contribution < 1.29 is 9.53 Å². The van der Waals surface area contributed by atoms with E-state index in [1.165, 1.54) is 0 Å². The molecule has 0 bridgehead atoms. The number of nitrogens with zero attached hydrogens (tertiary/aromatic N) is 1. The zero-order valence-electron chi connectivity index (χ0n) is 11.4. The van der Waals surface area contributed by atoms with Gasteiger partial charge in [-0.15, -0.1) is 0 Å². The van der Waals surface area contributed by atoms with Gasteiger partial charge in [-0.05, 0) is 45.8 Å². The third-order valence-electron chi connectivity index (χ3n) is 3.56. The fraction of sp³-hybridized carbons (Fsp3) is 0.923. The van der Waals surface area contributed by atoms with E-state index in [1.54, 1.807) is 0 Å². The molecule has 100 valence electrons. The molecule has 0 aromatic rings. The van der Waals surface area contributed by atoms with Crippen LogP contribution in [0.2, 0.25) is 0 Å². The van der Waals surface area contributed by atoms with E-state index in [4.69, 9.17) is 4.74 Å². The number of hydrogen-bond donors (Lipinski definition) is 1. The quantitative estimate of drug-likeness (QED) is 0.740. The highest BCUT2D eigenvalue weighted by molar-refractivity contribution is 5.81. The van der Waals surface area contributed by atoms with Crippen LogP contribution in [0, 0.1) is 0 Å². The Morgan fingerprint density at radius 2 is 2.06 bits per heavy atom. The van der Waals surface area contributed by atoms with Crippen molar-refractivity contribution in [2.24, 2.45) is 0 Å². The SMILES string of the molecule is CCNC1(C(=O)OCC)CCCN(CC)CC1. The molecule has 4 heteroatoms. The van der Waals surface area contributed by atoms with Crippen molar-refractivity contribution in [2.75, 3.05) is 32.8 Å². The molecule has 0 aromatic carbocycles. The van der Waals surface area contributed by atoms with Gasteiger partial charge in [0.25, 0.3) is 0 Å². The lowest BCUT2D eigenvalue weighted by Gasteiger charge is -2.31. The molecular weight excluding hydrogens is 216 g/mol. The van der Waals surface area contributed by atoms with E-state index in [2.05, 4.69) is 17.1 Å². The fourth-order valence-corrected chi connectivity index (χ4v) is 2.57. The summed E-state index contributed by atoms with van der Waals surface area (Å²) in [6, 6.07) is 0. The Labute approximate surface area is 105 Å². The summed E-state index contributed by atoms with van der Waals surface area (Å²) in [6.45, 7) is 10.5. The number of esters is 1. The normalized spacial score (nSPS) is 26.5. The Bertz CT molecular complexity index is 246. The molecule has 1 saturated heterocycles. The van der Waals surface area contributed by atoms with Crippen LogP contribution in [0.25, 0.3) is 0 Å². The Kier molecular flexibility index (Phi) is 5.92. The van der Waals surface area contributed by atoms with Gasteiger partial charge in [0.2, 0.25) is 0 Å². The highest BCUT2D eigenvalue weighted by Gasteiger charge is 2.40. The summed E-state index contributed by atoms with van der Waals surface area (Å²) in [4.78, 5) is 14.6. The Morgan fingerprint density at radius 3 is 2.65 bits per heavy atom. The molecule has 1 aliphatic rings. The van der Waals surface area contributed by atoms with Gasteiger partial charge in [0.15, 0.2) is 0 Å². The molecule has 17 heavy (non-hydrogen) atoms. The third-order valence-corrected chi connectivity index (χ3v) is 3.56. The van der Waals surface area contributed by atoms with E-state index in [0.29, 0.717) is 6.61 Å². The molecule has 1 heterocycles. The number of carbonyl (C=O) groups is 1. The molecule has 0 saturated carbocycles. The van der Waals surface area contributed by atoms with Crippen LogP contribution in [-0.2, 0) is 9.53 Å². The van der Waals surface area contributed by atoms with Gasteiger partial charge < -0.3 is 15.0 Å². The lowest BCUT2D eigenvalue weighted by Crippen LogP contribution is -2.53. The van der Waals surface area contributed by atoms with Gasteiger partial charge in [-0.1, -0.05) is 13.8 Å². The number of ether oxygens (including phenoxy) is 1. The standard InChI is InChI=1S/C13H26N2O2/c1-4-14-13(12(16)17-6-3)8-7-10-15(5-2)11-9-13/h14H,4-11H2,1-3H3. The fourth-order valence-electron chi connectivity index (χ4n) is 2.57. The maximum absolute atomic E-state index is 12.2. The highest BCUT2D eigenvalue weighted by Crippen LogP contribution is 2.24. The molecule has 1 atom stereocenters. The number of carbonyl (C=O) groups excluding carboxylic acids is 1. The summed E-state index contributed by atoms with van der Waals surface area (Å²) < 4.78 is 5.24. The summed E-state index contributed by atoms with van der Waals surface area (Å²) in [5.41, 5.74) is -0.450. The highest BCUT2D eigenvalue weighted by atomic mass is 16.5. The summed E-state index contributed by atoms with van der Waals surface area (Å²) >= 11 is 0. The maximum atomic E-state index is 12.2. The molecule has 0 amide bonds. The lowest BCUT2D eigenvalue weighted by atomic mass is 9.90. The van der Waals surface area contributed by atoms with E-state index in [1.807, 2.05) is 13.8 Å². The van der Waals surface area contributed by atoms with Gasteiger partial charge in [0, 0.05) is 6.54 Å². The summed E-state index contributed by atoms with van der Waals surface area (Å²) in [7, 11) is 0. The van der Waals surface area contributed by atoms with E-state index >= 15 is 0 Å². The summed E-state index contributed by atoms with van der Waals surface area (Å²) in [5.74, 6) is -0.0696. The van der Waals surface area contributed by atoms with Crippen LogP contribution >= 0.6 is 0 Å². The Morgan fingerprint density at radius 1 is 1.29 bits per heavy atom. The van der Waals surface area contributed by atoms with Gasteiger partial charge in [0.1, 0.15) is 5.54 Å². The van der Waals surface area contributed by atoms with Crippen LogP contribution in [0.1, 0.15) is 40.0 Å². The van der Waals surface area contributed by atoms with Crippen molar-refractivity contribution in [1.82, 2.24) is 10.2 Å². The number of rotatable bonds is 5. The molecule has 1 fully saturated rings. The molecule has 0 spiro atoms. The molecular formula is C13H26N2O2. The van der Waals surface area contributed by atoms with Crippen molar-refractivity contribution in [2.45, 2.75) is 45.6 Å². The van der Waals surface area contributed by atoms with Crippen molar-refractivity contribution in [3.8, 4) is 0 Å². The predicted octanol–water partition coefficient (Wildman–Crippen LogP) is 1.40. The summed E-state index contributed by atoms with van der Waals surface area (Å²) in [6.07, 6.45) is 2.79. The third kappa shape index (κ3) is 3.68. The largest absolute Gasteiger partial charge is 0.465 e. The topological polar surface area (TPSA) is 41.6 Å². The average Bonchev–Trinajstić information content (AvgIpc) is 2.53. The second kappa shape index (κ2) is 6.97. The number of hydrogen-bond acceptors (Lipinski definition) is 4. The molecule has 0 aliphatic carbocycles. The van der Waals surface area contributed by atoms with Gasteiger partial charge in [0.05, 0.1) is 6.61 Å². The van der Waals surface area contributed by atoms with Crippen LogP contribution in [0.15, 0.2) is 0 Å². The minimum Gasteiger partial charge on any atom is -0.465 e. The van der Waals surface area contributed by atoms with Gasteiger partial charge in [-0.25, -0.2) is 0 Å². The van der Waals surface area contributed by atoms with E-state index < -0.39 is 5.54 Å². The lowest BCUT2D eigenvalue weighted by molar-refractivity contribution is -0.151. The first-order valence-corrected chi connectivity index (χ1v) is 6.83. The van der Waals surface area contributed by atoms with Crippen LogP contribution < -0.4 is 5.32 Å². The van der Waals surface area contributed by atoms with Gasteiger partial charge in [-0.2, -0.15) is 0 Å². The van der Waals surface area contributed by atoms with Crippen molar-refractivity contribution in [3.05, 3.63) is 0 Å². The van der Waals surface area contributed by atoms with Gasteiger partial charge >= 0.3 is 5.97 Å². The molecule has 4 nitrogen and oxygen atoms in total. The van der Waals surface area contributed by atoms with Crippen LogP contribution in [-0.4, -0.2) is 49.2 Å². The van der Waals surface area contributed by atoms with Crippen molar-refractivity contribution in [1.29, 1.82) is 0 Å². The van der Waals surface area contributed by atoms with Crippen LogP contribution in [0.4, 0.5) is 0 Å².